The molecule has 0 aromatic heterocycles. The summed E-state index contributed by atoms with van der Waals surface area (Å²) >= 11 is 0. The van der Waals surface area contributed by atoms with Gasteiger partial charge in [0, 0.05) is 31.7 Å². The smallest absolute Gasteiger partial charge is 0.253 e. The lowest BCUT2D eigenvalue weighted by atomic mass is 9.90. The fourth-order valence-electron chi connectivity index (χ4n) is 4.00. The van der Waals surface area contributed by atoms with E-state index in [1.165, 1.54) is 0 Å². The van der Waals surface area contributed by atoms with Gasteiger partial charge in [-0.2, -0.15) is 0 Å². The molecule has 1 aromatic rings. The molecular formula is C19H28N2O5. The number of aliphatic hydroxyl groups excluding tert-OH is 4. The molecule has 2 aliphatic heterocycles. The fraction of sp³-hybridized carbons (Fsp3) is 0.632. The Morgan fingerprint density at radius 1 is 1.04 bits per heavy atom. The number of piperidine rings is 2. The van der Waals surface area contributed by atoms with Gasteiger partial charge >= 0.3 is 0 Å². The SMILES string of the molecule is O=C(c1ccccc1)N1CCC(CN2C[C@H](O)[C@@H](O)[C@H](O)[C@H]2CO)CC1. The van der Waals surface area contributed by atoms with Crippen LogP contribution in [0.4, 0.5) is 0 Å². The largest absolute Gasteiger partial charge is 0.395 e. The zero-order valence-corrected chi connectivity index (χ0v) is 14.8. The van der Waals surface area contributed by atoms with Crippen LogP contribution in [0.15, 0.2) is 30.3 Å². The summed E-state index contributed by atoms with van der Waals surface area (Å²) in [6.07, 6.45) is -1.74. The standard InChI is InChI=1S/C19H28N2O5/c22-12-15-17(24)18(25)16(23)11-21(15)10-13-6-8-20(9-7-13)19(26)14-4-2-1-3-5-14/h1-5,13,15-18,22-25H,6-12H2/t15-,16+,17-,18-/m1/s1. The molecule has 0 saturated carbocycles. The van der Waals surface area contributed by atoms with Crippen LogP contribution in [0.3, 0.4) is 0 Å². The van der Waals surface area contributed by atoms with Crippen molar-refractivity contribution in [2.45, 2.75) is 37.2 Å². The molecule has 2 saturated heterocycles. The van der Waals surface area contributed by atoms with Crippen molar-refractivity contribution in [2.75, 3.05) is 32.8 Å². The van der Waals surface area contributed by atoms with Gasteiger partial charge in [0.15, 0.2) is 0 Å². The Labute approximate surface area is 153 Å². The first-order chi connectivity index (χ1) is 12.5. The normalized spacial score (nSPS) is 31.2. The van der Waals surface area contributed by atoms with Gasteiger partial charge in [0.2, 0.25) is 0 Å². The molecule has 4 N–H and O–H groups in total. The molecule has 26 heavy (non-hydrogen) atoms. The number of carbonyl (C=O) groups excluding carboxylic acids is 1. The molecule has 1 aromatic carbocycles. The van der Waals surface area contributed by atoms with Crippen LogP contribution in [0.1, 0.15) is 23.2 Å². The molecule has 4 atom stereocenters. The number of likely N-dealkylation sites (tertiary alicyclic amines) is 2. The second-order valence-corrected chi connectivity index (χ2v) is 7.35. The highest BCUT2D eigenvalue weighted by Gasteiger charge is 2.41. The lowest BCUT2D eigenvalue weighted by Crippen LogP contribution is -2.63. The average molecular weight is 364 g/mol. The predicted octanol–water partition coefficient (Wildman–Crippen LogP) is -0.702. The summed E-state index contributed by atoms with van der Waals surface area (Å²) < 4.78 is 0. The highest BCUT2D eigenvalue weighted by atomic mass is 16.4. The Balaban J connectivity index is 1.54. The molecule has 2 heterocycles. The van der Waals surface area contributed by atoms with Gasteiger partial charge in [0.1, 0.15) is 12.2 Å². The monoisotopic (exact) mass is 364 g/mol. The number of hydrogen-bond acceptors (Lipinski definition) is 6. The van der Waals surface area contributed by atoms with Crippen molar-refractivity contribution in [3.63, 3.8) is 0 Å². The zero-order valence-electron chi connectivity index (χ0n) is 14.8. The Kier molecular flexibility index (Phi) is 6.26. The Morgan fingerprint density at radius 2 is 1.69 bits per heavy atom. The van der Waals surface area contributed by atoms with E-state index in [-0.39, 0.29) is 19.1 Å². The number of rotatable bonds is 4. The van der Waals surface area contributed by atoms with E-state index >= 15 is 0 Å². The minimum absolute atomic E-state index is 0.0456. The number of amides is 1. The first-order valence-corrected chi connectivity index (χ1v) is 9.24. The lowest BCUT2D eigenvalue weighted by molar-refractivity contribution is -0.148. The van der Waals surface area contributed by atoms with Crippen molar-refractivity contribution < 1.29 is 25.2 Å². The topological polar surface area (TPSA) is 104 Å². The Bertz CT molecular complexity index is 591. The van der Waals surface area contributed by atoms with E-state index < -0.39 is 24.4 Å². The minimum atomic E-state index is -1.23. The number of hydrogen-bond donors (Lipinski definition) is 4. The molecule has 7 heteroatoms. The summed E-state index contributed by atoms with van der Waals surface area (Å²) in [5, 5.41) is 39.4. The fourth-order valence-corrected chi connectivity index (χ4v) is 4.00. The molecule has 1 amide bonds. The maximum absolute atomic E-state index is 12.5. The maximum atomic E-state index is 12.5. The summed E-state index contributed by atoms with van der Waals surface area (Å²) in [7, 11) is 0. The first-order valence-electron chi connectivity index (χ1n) is 9.24. The highest BCUT2D eigenvalue weighted by molar-refractivity contribution is 5.94. The number of aliphatic hydroxyl groups is 4. The summed E-state index contributed by atoms with van der Waals surface area (Å²) in [4.78, 5) is 16.2. The van der Waals surface area contributed by atoms with Crippen LogP contribution in [0, 0.1) is 5.92 Å². The minimum Gasteiger partial charge on any atom is -0.395 e. The average Bonchev–Trinajstić information content (AvgIpc) is 2.67. The van der Waals surface area contributed by atoms with Crippen LogP contribution in [-0.2, 0) is 0 Å². The molecule has 0 unspecified atom stereocenters. The third kappa shape index (κ3) is 4.07. The van der Waals surface area contributed by atoms with Gasteiger partial charge in [-0.15, -0.1) is 0 Å². The van der Waals surface area contributed by atoms with Crippen molar-refractivity contribution in [1.29, 1.82) is 0 Å². The molecule has 3 rings (SSSR count). The molecule has 144 valence electrons. The zero-order chi connectivity index (χ0) is 18.7. The number of carbonyl (C=O) groups is 1. The second kappa shape index (κ2) is 8.45. The van der Waals surface area contributed by atoms with E-state index in [1.54, 1.807) is 0 Å². The van der Waals surface area contributed by atoms with Gasteiger partial charge in [-0.05, 0) is 30.9 Å². The summed E-state index contributed by atoms with van der Waals surface area (Å²) in [6, 6.07) is 8.67. The van der Waals surface area contributed by atoms with E-state index in [0.29, 0.717) is 31.1 Å². The summed E-state index contributed by atoms with van der Waals surface area (Å²) in [5.74, 6) is 0.364. The number of β-amino-alcohol motifs (C(OH)–C–C–N with tert-alkyl or cyclic N) is 1. The van der Waals surface area contributed by atoms with Crippen molar-refractivity contribution >= 4 is 5.91 Å². The third-order valence-corrected chi connectivity index (χ3v) is 5.63. The molecule has 0 spiro atoms. The Hall–Kier alpha value is -1.51. The van der Waals surface area contributed by atoms with Gasteiger partial charge in [-0.3, -0.25) is 9.69 Å². The van der Waals surface area contributed by atoms with Crippen LogP contribution >= 0.6 is 0 Å². The molecule has 2 fully saturated rings. The van der Waals surface area contributed by atoms with Gasteiger partial charge in [-0.25, -0.2) is 0 Å². The van der Waals surface area contributed by atoms with Crippen LogP contribution in [-0.4, -0.2) is 93.3 Å². The second-order valence-electron chi connectivity index (χ2n) is 7.35. The van der Waals surface area contributed by atoms with Gasteiger partial charge in [0.25, 0.3) is 5.91 Å². The van der Waals surface area contributed by atoms with E-state index in [4.69, 9.17) is 0 Å². The van der Waals surface area contributed by atoms with E-state index in [2.05, 4.69) is 0 Å². The van der Waals surface area contributed by atoms with Crippen LogP contribution in [0.25, 0.3) is 0 Å². The predicted molar refractivity (Wildman–Crippen MR) is 95.5 cm³/mol. The number of benzene rings is 1. The number of nitrogens with zero attached hydrogens (tertiary/aromatic N) is 2. The van der Waals surface area contributed by atoms with E-state index in [9.17, 15) is 25.2 Å². The van der Waals surface area contributed by atoms with E-state index in [0.717, 1.165) is 12.8 Å². The third-order valence-electron chi connectivity index (χ3n) is 5.63. The molecular weight excluding hydrogens is 336 g/mol. The van der Waals surface area contributed by atoms with Gasteiger partial charge in [-0.1, -0.05) is 18.2 Å². The van der Waals surface area contributed by atoms with Gasteiger partial charge < -0.3 is 25.3 Å². The van der Waals surface area contributed by atoms with Crippen molar-refractivity contribution in [3.8, 4) is 0 Å². The van der Waals surface area contributed by atoms with E-state index in [1.807, 2.05) is 40.1 Å². The van der Waals surface area contributed by atoms with Crippen molar-refractivity contribution in [1.82, 2.24) is 9.80 Å². The molecule has 0 aliphatic carbocycles. The first kappa shape index (κ1) is 19.3. The van der Waals surface area contributed by atoms with Crippen LogP contribution in [0.2, 0.25) is 0 Å². The van der Waals surface area contributed by atoms with Crippen LogP contribution in [0.5, 0.6) is 0 Å². The van der Waals surface area contributed by atoms with Crippen molar-refractivity contribution in [3.05, 3.63) is 35.9 Å². The lowest BCUT2D eigenvalue weighted by Gasteiger charge is -2.45. The van der Waals surface area contributed by atoms with Gasteiger partial charge in [0.05, 0.1) is 18.8 Å². The molecule has 7 nitrogen and oxygen atoms in total. The highest BCUT2D eigenvalue weighted by Crippen LogP contribution is 2.25. The maximum Gasteiger partial charge on any atom is 0.253 e. The summed E-state index contributed by atoms with van der Waals surface area (Å²) in [6.45, 7) is 1.93. The molecule has 2 aliphatic rings. The molecule has 0 radical (unpaired) electrons. The Morgan fingerprint density at radius 3 is 2.31 bits per heavy atom. The summed E-state index contributed by atoms with van der Waals surface area (Å²) in [5.41, 5.74) is 0.697. The van der Waals surface area contributed by atoms with Crippen molar-refractivity contribution in [2.24, 2.45) is 5.92 Å². The molecule has 0 bridgehead atoms. The quantitative estimate of drug-likeness (QED) is 0.563. The van der Waals surface area contributed by atoms with Crippen LogP contribution < -0.4 is 0 Å².